The number of hydrogen-bond donors (Lipinski definition) is 1. The zero-order chi connectivity index (χ0) is 23.9. The molecule has 0 spiro atoms. The minimum absolute atomic E-state index is 0.0792. The molecule has 0 bridgehead atoms. The summed E-state index contributed by atoms with van der Waals surface area (Å²) in [5.41, 5.74) is 8.84. The molecule has 34 heavy (non-hydrogen) atoms. The van der Waals surface area contributed by atoms with Gasteiger partial charge in [-0.2, -0.15) is 0 Å². The van der Waals surface area contributed by atoms with Crippen LogP contribution in [0.4, 0.5) is 5.69 Å². The third-order valence-corrected chi connectivity index (χ3v) is 6.10. The lowest BCUT2D eigenvalue weighted by Gasteiger charge is -2.22. The van der Waals surface area contributed by atoms with Crippen LogP contribution < -0.4 is 10.6 Å². The number of hydrogen-bond acceptors (Lipinski definition) is 6. The molecular formula is C25H24N6O2S. The van der Waals surface area contributed by atoms with Gasteiger partial charge in [0.2, 0.25) is 11.8 Å². The van der Waals surface area contributed by atoms with Crippen molar-refractivity contribution >= 4 is 29.3 Å². The van der Waals surface area contributed by atoms with E-state index >= 15 is 0 Å². The molecule has 0 saturated heterocycles. The first-order chi connectivity index (χ1) is 16.5. The molecule has 4 rings (SSSR count). The van der Waals surface area contributed by atoms with Gasteiger partial charge in [0.15, 0.2) is 11.0 Å². The lowest BCUT2D eigenvalue weighted by Crippen LogP contribution is -2.35. The third kappa shape index (κ3) is 5.32. The molecule has 0 aliphatic carbocycles. The van der Waals surface area contributed by atoms with Gasteiger partial charge in [-0.25, -0.2) is 0 Å². The Morgan fingerprint density at radius 1 is 1.00 bits per heavy atom. The number of benzene rings is 2. The number of anilines is 1. The van der Waals surface area contributed by atoms with E-state index in [-0.39, 0.29) is 24.6 Å². The minimum Gasteiger partial charge on any atom is -0.370 e. The van der Waals surface area contributed by atoms with E-state index in [9.17, 15) is 9.59 Å². The molecule has 2 N–H and O–H groups in total. The number of aryl methyl sites for hydroxylation is 1. The van der Waals surface area contributed by atoms with Crippen molar-refractivity contribution in [3.63, 3.8) is 0 Å². The highest BCUT2D eigenvalue weighted by Crippen LogP contribution is 2.29. The number of aromatic nitrogens is 4. The summed E-state index contributed by atoms with van der Waals surface area (Å²) in [5, 5.41) is 9.39. The fraction of sp³-hybridized carbons (Fsp3) is 0.160. The number of rotatable bonds is 9. The third-order valence-electron chi connectivity index (χ3n) is 5.18. The summed E-state index contributed by atoms with van der Waals surface area (Å²) in [6, 6.07) is 20.9. The van der Waals surface area contributed by atoms with Crippen LogP contribution in [0, 0.1) is 6.92 Å². The van der Waals surface area contributed by atoms with Crippen molar-refractivity contribution in [2.45, 2.75) is 18.5 Å². The second-order valence-electron chi connectivity index (χ2n) is 7.56. The van der Waals surface area contributed by atoms with Crippen molar-refractivity contribution in [2.24, 2.45) is 5.73 Å². The highest BCUT2D eigenvalue weighted by Gasteiger charge is 2.21. The predicted octanol–water partition coefficient (Wildman–Crippen LogP) is 3.64. The molecular weight excluding hydrogens is 448 g/mol. The predicted molar refractivity (Wildman–Crippen MR) is 133 cm³/mol. The van der Waals surface area contributed by atoms with Gasteiger partial charge in [-0.1, -0.05) is 48.2 Å². The summed E-state index contributed by atoms with van der Waals surface area (Å²) in [5.74, 6) is 0.151. The largest absolute Gasteiger partial charge is 0.370 e. The van der Waals surface area contributed by atoms with Gasteiger partial charge in [0, 0.05) is 36.6 Å². The number of nitrogens with zero attached hydrogens (tertiary/aromatic N) is 5. The fourth-order valence-electron chi connectivity index (χ4n) is 3.51. The lowest BCUT2D eigenvalue weighted by molar-refractivity contribution is -0.118. The Balaban J connectivity index is 1.63. The van der Waals surface area contributed by atoms with E-state index in [2.05, 4.69) is 15.2 Å². The number of pyridine rings is 1. The molecule has 0 atom stereocenters. The maximum absolute atomic E-state index is 13.2. The van der Waals surface area contributed by atoms with Gasteiger partial charge in [0.05, 0.1) is 11.4 Å². The summed E-state index contributed by atoms with van der Waals surface area (Å²) in [6.45, 7) is 2.23. The van der Waals surface area contributed by atoms with Crippen LogP contribution in [0.15, 0.2) is 84.3 Å². The van der Waals surface area contributed by atoms with Crippen LogP contribution >= 0.6 is 11.8 Å². The standard InChI is InChI=1S/C25H24N6O2S/c1-18-8-5-6-12-21(18)31-24(19-9-7-14-27-16-19)28-29-25(31)34-17-23(33)30(15-13-22(26)32)20-10-3-2-4-11-20/h2-12,14,16H,13,15,17H2,1H3,(H2,26,32). The first-order valence-electron chi connectivity index (χ1n) is 10.7. The molecule has 0 saturated carbocycles. The van der Waals surface area contributed by atoms with E-state index in [1.807, 2.05) is 78.2 Å². The first-order valence-corrected chi connectivity index (χ1v) is 11.7. The second-order valence-corrected chi connectivity index (χ2v) is 8.50. The molecule has 2 aromatic heterocycles. The normalized spacial score (nSPS) is 10.7. The number of para-hydroxylation sites is 2. The molecule has 172 valence electrons. The van der Waals surface area contributed by atoms with E-state index in [0.717, 1.165) is 16.8 Å². The maximum atomic E-state index is 13.2. The van der Waals surface area contributed by atoms with Crippen LogP contribution in [-0.2, 0) is 9.59 Å². The fourth-order valence-corrected chi connectivity index (χ4v) is 4.33. The van der Waals surface area contributed by atoms with Gasteiger partial charge in [0.1, 0.15) is 0 Å². The smallest absolute Gasteiger partial charge is 0.237 e. The molecule has 9 heteroatoms. The van der Waals surface area contributed by atoms with Gasteiger partial charge in [-0.05, 0) is 42.8 Å². The molecule has 0 aliphatic heterocycles. The Morgan fingerprint density at radius 2 is 1.76 bits per heavy atom. The topological polar surface area (TPSA) is 107 Å². The number of amides is 2. The van der Waals surface area contributed by atoms with Crippen LogP contribution in [0.5, 0.6) is 0 Å². The van der Waals surface area contributed by atoms with Crippen molar-refractivity contribution in [3.8, 4) is 17.1 Å². The Labute approximate surface area is 201 Å². The van der Waals surface area contributed by atoms with Gasteiger partial charge >= 0.3 is 0 Å². The number of primary amides is 1. The SMILES string of the molecule is Cc1ccccc1-n1c(SCC(=O)N(CCC(N)=O)c2ccccc2)nnc1-c1cccnc1. The van der Waals surface area contributed by atoms with Crippen molar-refractivity contribution in [3.05, 3.63) is 84.7 Å². The number of carbonyl (C=O) groups excluding carboxylic acids is 2. The average molecular weight is 473 g/mol. The minimum atomic E-state index is -0.457. The monoisotopic (exact) mass is 472 g/mol. The molecule has 0 aliphatic rings. The molecule has 0 fully saturated rings. The molecule has 8 nitrogen and oxygen atoms in total. The van der Waals surface area contributed by atoms with E-state index < -0.39 is 5.91 Å². The van der Waals surface area contributed by atoms with E-state index in [4.69, 9.17) is 5.73 Å². The average Bonchev–Trinajstić information content (AvgIpc) is 3.28. The van der Waals surface area contributed by atoms with Crippen LogP contribution in [0.1, 0.15) is 12.0 Å². The summed E-state index contributed by atoms with van der Waals surface area (Å²) < 4.78 is 1.94. The van der Waals surface area contributed by atoms with Gasteiger partial charge in [0.25, 0.3) is 0 Å². The highest BCUT2D eigenvalue weighted by molar-refractivity contribution is 7.99. The quantitative estimate of drug-likeness (QED) is 0.373. The van der Waals surface area contributed by atoms with Crippen LogP contribution in [-0.4, -0.2) is 43.9 Å². The Hall–Kier alpha value is -3.98. The molecule has 0 unspecified atom stereocenters. The Morgan fingerprint density at radius 3 is 2.47 bits per heavy atom. The van der Waals surface area contributed by atoms with Gasteiger partial charge in [-0.15, -0.1) is 10.2 Å². The zero-order valence-electron chi connectivity index (χ0n) is 18.7. The summed E-state index contributed by atoms with van der Waals surface area (Å²) >= 11 is 1.29. The van der Waals surface area contributed by atoms with Crippen molar-refractivity contribution in [1.82, 2.24) is 19.7 Å². The lowest BCUT2D eigenvalue weighted by atomic mass is 10.2. The van der Waals surface area contributed by atoms with E-state index in [1.165, 1.54) is 11.8 Å². The first kappa shape index (κ1) is 23.2. The van der Waals surface area contributed by atoms with Crippen molar-refractivity contribution in [2.75, 3.05) is 17.2 Å². The highest BCUT2D eigenvalue weighted by atomic mass is 32.2. The molecule has 0 radical (unpaired) electrons. The second kappa shape index (κ2) is 10.8. The van der Waals surface area contributed by atoms with Gasteiger partial charge in [-0.3, -0.25) is 19.1 Å². The van der Waals surface area contributed by atoms with Crippen LogP contribution in [0.25, 0.3) is 17.1 Å². The van der Waals surface area contributed by atoms with Crippen LogP contribution in [0.2, 0.25) is 0 Å². The van der Waals surface area contributed by atoms with Crippen molar-refractivity contribution < 1.29 is 9.59 Å². The maximum Gasteiger partial charge on any atom is 0.237 e. The van der Waals surface area contributed by atoms with Gasteiger partial charge < -0.3 is 10.6 Å². The Bertz CT molecular complexity index is 1280. The zero-order valence-corrected chi connectivity index (χ0v) is 19.5. The van der Waals surface area contributed by atoms with Crippen LogP contribution in [0.3, 0.4) is 0 Å². The summed E-state index contributed by atoms with van der Waals surface area (Å²) in [6.07, 6.45) is 3.52. The molecule has 2 amide bonds. The molecule has 2 aromatic carbocycles. The summed E-state index contributed by atoms with van der Waals surface area (Å²) in [4.78, 5) is 30.4. The Kier molecular flexibility index (Phi) is 7.34. The number of thioether (sulfide) groups is 1. The molecule has 4 aromatic rings. The van der Waals surface area contributed by atoms with E-state index in [0.29, 0.717) is 16.7 Å². The summed E-state index contributed by atoms with van der Waals surface area (Å²) in [7, 11) is 0. The van der Waals surface area contributed by atoms with Crippen molar-refractivity contribution in [1.29, 1.82) is 0 Å². The van der Waals surface area contributed by atoms with E-state index in [1.54, 1.807) is 17.3 Å². The molecule has 2 heterocycles. The number of carbonyl (C=O) groups is 2. The number of nitrogens with two attached hydrogens (primary N) is 1.